The van der Waals surface area contributed by atoms with Crippen molar-refractivity contribution in [1.82, 2.24) is 10.6 Å². The third kappa shape index (κ3) is 5.44. The monoisotopic (exact) mass is 377 g/mol. The molecular formula is C20H28ClN3O2. The van der Waals surface area contributed by atoms with Crippen LogP contribution in [-0.2, 0) is 16.0 Å². The Balaban J connectivity index is 0.00000338. The van der Waals surface area contributed by atoms with Gasteiger partial charge in [0.25, 0.3) is 0 Å². The van der Waals surface area contributed by atoms with Crippen LogP contribution in [0.1, 0.15) is 26.3 Å². The number of benzene rings is 2. The molecule has 142 valence electrons. The van der Waals surface area contributed by atoms with Crippen LogP contribution < -0.4 is 16.4 Å². The Kier molecular flexibility index (Phi) is 8.06. The third-order valence-corrected chi connectivity index (χ3v) is 4.80. The molecule has 2 aromatic rings. The maximum absolute atomic E-state index is 12.2. The van der Waals surface area contributed by atoms with E-state index in [9.17, 15) is 9.59 Å². The Morgan fingerprint density at radius 1 is 1.08 bits per heavy atom. The fourth-order valence-corrected chi connectivity index (χ4v) is 2.65. The van der Waals surface area contributed by atoms with E-state index in [1.807, 2.05) is 63.2 Å². The lowest BCUT2D eigenvalue weighted by atomic mass is 9.88. The summed E-state index contributed by atoms with van der Waals surface area (Å²) in [6, 6.07) is 13.8. The van der Waals surface area contributed by atoms with Gasteiger partial charge in [-0.25, -0.2) is 0 Å². The van der Waals surface area contributed by atoms with Crippen molar-refractivity contribution >= 4 is 35.0 Å². The minimum Gasteiger partial charge on any atom is -0.348 e. The van der Waals surface area contributed by atoms with Gasteiger partial charge in [0.2, 0.25) is 11.8 Å². The molecule has 0 saturated carbocycles. The van der Waals surface area contributed by atoms with E-state index in [4.69, 9.17) is 5.73 Å². The summed E-state index contributed by atoms with van der Waals surface area (Å²) in [5, 5.41) is 7.76. The average molecular weight is 378 g/mol. The van der Waals surface area contributed by atoms with Crippen LogP contribution in [0.3, 0.4) is 0 Å². The Hall–Kier alpha value is -2.11. The van der Waals surface area contributed by atoms with Gasteiger partial charge in [-0.15, -0.1) is 12.4 Å². The van der Waals surface area contributed by atoms with Gasteiger partial charge < -0.3 is 16.4 Å². The topological polar surface area (TPSA) is 84.2 Å². The van der Waals surface area contributed by atoms with Crippen molar-refractivity contribution in [3.8, 4) is 0 Å². The lowest BCUT2D eigenvalue weighted by Gasteiger charge is -2.33. The normalized spacial score (nSPS) is 13.0. The highest BCUT2D eigenvalue weighted by atomic mass is 35.5. The highest BCUT2D eigenvalue weighted by Gasteiger charge is 2.28. The van der Waals surface area contributed by atoms with Crippen molar-refractivity contribution in [2.75, 3.05) is 13.1 Å². The molecule has 0 radical (unpaired) electrons. The van der Waals surface area contributed by atoms with E-state index in [2.05, 4.69) is 10.6 Å². The zero-order valence-electron chi connectivity index (χ0n) is 15.5. The molecule has 1 unspecified atom stereocenters. The summed E-state index contributed by atoms with van der Waals surface area (Å²) in [5.41, 5.74) is 6.24. The van der Waals surface area contributed by atoms with E-state index in [0.29, 0.717) is 6.54 Å². The summed E-state index contributed by atoms with van der Waals surface area (Å²) < 4.78 is 0. The molecule has 4 N–H and O–H groups in total. The maximum atomic E-state index is 12.2. The quantitative estimate of drug-likeness (QED) is 0.692. The fourth-order valence-electron chi connectivity index (χ4n) is 2.65. The van der Waals surface area contributed by atoms with E-state index >= 15 is 0 Å². The van der Waals surface area contributed by atoms with Crippen molar-refractivity contribution in [2.24, 2.45) is 11.7 Å². The molecule has 0 aliphatic carbocycles. The number of hydrogen-bond donors (Lipinski definition) is 3. The Morgan fingerprint density at radius 3 is 2.38 bits per heavy atom. The Morgan fingerprint density at radius 2 is 1.73 bits per heavy atom. The second-order valence-corrected chi connectivity index (χ2v) is 6.92. The lowest BCUT2D eigenvalue weighted by Crippen LogP contribution is -2.56. The van der Waals surface area contributed by atoms with Crippen molar-refractivity contribution in [1.29, 1.82) is 0 Å². The molecular weight excluding hydrogens is 350 g/mol. The van der Waals surface area contributed by atoms with E-state index in [1.54, 1.807) is 0 Å². The average Bonchev–Trinajstić information content (AvgIpc) is 2.60. The number of nitrogens with two attached hydrogens (primary N) is 1. The first-order chi connectivity index (χ1) is 11.9. The summed E-state index contributed by atoms with van der Waals surface area (Å²) in [6.07, 6.45) is 0.243. The number of amides is 2. The molecule has 1 atom stereocenters. The number of nitrogens with one attached hydrogen (secondary N) is 2. The van der Waals surface area contributed by atoms with Gasteiger partial charge in [0.05, 0.1) is 18.5 Å². The van der Waals surface area contributed by atoms with Gasteiger partial charge in [-0.1, -0.05) is 56.3 Å². The molecule has 0 bridgehead atoms. The van der Waals surface area contributed by atoms with E-state index in [0.717, 1.165) is 16.3 Å². The van der Waals surface area contributed by atoms with E-state index in [-0.39, 0.29) is 43.1 Å². The van der Waals surface area contributed by atoms with Crippen LogP contribution in [0.4, 0.5) is 0 Å². The van der Waals surface area contributed by atoms with Crippen LogP contribution in [0.15, 0.2) is 42.5 Å². The zero-order valence-corrected chi connectivity index (χ0v) is 16.4. The van der Waals surface area contributed by atoms with Gasteiger partial charge in [-0.3, -0.25) is 9.59 Å². The van der Waals surface area contributed by atoms with Crippen molar-refractivity contribution in [3.05, 3.63) is 48.0 Å². The van der Waals surface area contributed by atoms with Crippen LogP contribution in [0.5, 0.6) is 0 Å². The molecule has 0 saturated heterocycles. The Labute approximate surface area is 161 Å². The third-order valence-electron chi connectivity index (χ3n) is 4.80. The number of carbonyl (C=O) groups is 2. The largest absolute Gasteiger partial charge is 0.348 e. The molecule has 26 heavy (non-hydrogen) atoms. The summed E-state index contributed by atoms with van der Waals surface area (Å²) in [6.45, 7) is 6.22. The fraction of sp³-hybridized carbons (Fsp3) is 0.400. The molecule has 2 aromatic carbocycles. The van der Waals surface area contributed by atoms with Crippen molar-refractivity contribution in [3.63, 3.8) is 0 Å². The van der Waals surface area contributed by atoms with E-state index in [1.165, 1.54) is 0 Å². The summed E-state index contributed by atoms with van der Waals surface area (Å²) in [7, 11) is 0. The van der Waals surface area contributed by atoms with Crippen molar-refractivity contribution < 1.29 is 9.59 Å². The predicted octanol–water partition coefficient (Wildman–Crippen LogP) is 2.41. The van der Waals surface area contributed by atoms with Crippen LogP contribution in [0, 0.1) is 5.92 Å². The number of fused-ring (bicyclic) bond motifs is 1. The molecule has 0 aromatic heterocycles. The molecule has 6 heteroatoms. The summed E-state index contributed by atoms with van der Waals surface area (Å²) in [5.74, 6) is -0.203. The van der Waals surface area contributed by atoms with Crippen LogP contribution in [0.2, 0.25) is 0 Å². The lowest BCUT2D eigenvalue weighted by molar-refractivity contribution is -0.127. The van der Waals surface area contributed by atoms with Gasteiger partial charge >= 0.3 is 0 Å². The SMILES string of the molecule is CC(C)C(C)(CN)NC(=O)CNC(=O)Cc1cccc2ccccc12.Cl. The molecule has 0 aliphatic heterocycles. The number of rotatable bonds is 7. The zero-order chi connectivity index (χ0) is 18.4. The second kappa shape index (κ2) is 9.55. The van der Waals surface area contributed by atoms with Gasteiger partial charge in [-0.2, -0.15) is 0 Å². The van der Waals surface area contributed by atoms with Crippen LogP contribution >= 0.6 is 12.4 Å². The molecule has 2 amide bonds. The van der Waals surface area contributed by atoms with Crippen LogP contribution in [0.25, 0.3) is 10.8 Å². The molecule has 2 rings (SSSR count). The van der Waals surface area contributed by atoms with Gasteiger partial charge in [0, 0.05) is 6.54 Å². The molecule has 0 fully saturated rings. The first-order valence-corrected chi connectivity index (χ1v) is 8.60. The highest BCUT2D eigenvalue weighted by molar-refractivity contribution is 5.91. The highest BCUT2D eigenvalue weighted by Crippen LogP contribution is 2.18. The predicted molar refractivity (Wildman–Crippen MR) is 108 cm³/mol. The minimum absolute atomic E-state index is 0. The molecule has 0 spiro atoms. The molecule has 0 heterocycles. The van der Waals surface area contributed by atoms with Crippen molar-refractivity contribution in [2.45, 2.75) is 32.7 Å². The summed E-state index contributed by atoms with van der Waals surface area (Å²) >= 11 is 0. The smallest absolute Gasteiger partial charge is 0.239 e. The molecule has 5 nitrogen and oxygen atoms in total. The summed E-state index contributed by atoms with van der Waals surface area (Å²) in [4.78, 5) is 24.3. The molecule has 0 aliphatic rings. The van der Waals surface area contributed by atoms with Gasteiger partial charge in [-0.05, 0) is 29.2 Å². The number of carbonyl (C=O) groups excluding carboxylic acids is 2. The maximum Gasteiger partial charge on any atom is 0.239 e. The minimum atomic E-state index is -0.475. The van der Waals surface area contributed by atoms with E-state index < -0.39 is 5.54 Å². The second-order valence-electron chi connectivity index (χ2n) is 6.92. The van der Waals surface area contributed by atoms with Crippen LogP contribution in [-0.4, -0.2) is 30.4 Å². The Bertz CT molecular complexity index is 758. The van der Waals surface area contributed by atoms with Gasteiger partial charge in [0.15, 0.2) is 0 Å². The standard InChI is InChI=1S/C20H27N3O2.ClH/c1-14(2)20(3,13-21)23-19(25)12-22-18(24)11-16-9-6-8-15-7-4-5-10-17(15)16;/h4-10,14H,11-13,21H2,1-3H3,(H,22,24)(H,23,25);1H. The van der Waals surface area contributed by atoms with Gasteiger partial charge in [0.1, 0.15) is 0 Å². The number of hydrogen-bond acceptors (Lipinski definition) is 3. The number of halogens is 1. The first kappa shape index (κ1) is 21.9. The first-order valence-electron chi connectivity index (χ1n) is 8.60.